The van der Waals surface area contributed by atoms with Crippen LogP contribution >= 0.6 is 0 Å². The molecular formula is C27H30N2O2. The summed E-state index contributed by atoms with van der Waals surface area (Å²) in [6.07, 6.45) is 2.89. The number of hydrogen-bond donors (Lipinski definition) is 1. The van der Waals surface area contributed by atoms with Gasteiger partial charge in [0.05, 0.1) is 6.04 Å². The third kappa shape index (κ3) is 5.53. The summed E-state index contributed by atoms with van der Waals surface area (Å²) >= 11 is 0. The first-order valence-corrected chi connectivity index (χ1v) is 11.1. The Morgan fingerprint density at radius 3 is 2.26 bits per heavy atom. The highest BCUT2D eigenvalue weighted by Gasteiger charge is 2.33. The molecule has 3 aromatic carbocycles. The third-order valence-corrected chi connectivity index (χ3v) is 5.75. The van der Waals surface area contributed by atoms with Gasteiger partial charge in [-0.05, 0) is 48.2 Å². The summed E-state index contributed by atoms with van der Waals surface area (Å²) in [6.45, 7) is 3.66. The van der Waals surface area contributed by atoms with Gasteiger partial charge in [-0.25, -0.2) is 0 Å². The van der Waals surface area contributed by atoms with Crippen molar-refractivity contribution in [1.82, 2.24) is 10.2 Å². The molecule has 160 valence electrons. The van der Waals surface area contributed by atoms with Crippen LogP contribution in [-0.4, -0.2) is 23.4 Å². The van der Waals surface area contributed by atoms with E-state index in [0.717, 1.165) is 37.3 Å². The van der Waals surface area contributed by atoms with Crippen LogP contribution in [0.2, 0.25) is 0 Å². The van der Waals surface area contributed by atoms with E-state index in [1.165, 1.54) is 11.1 Å². The second-order valence-corrected chi connectivity index (χ2v) is 8.08. The van der Waals surface area contributed by atoms with Crippen LogP contribution in [0, 0.1) is 0 Å². The molecule has 0 spiro atoms. The number of carbonyl (C=O) groups excluding carboxylic acids is 1. The lowest BCUT2D eigenvalue weighted by Crippen LogP contribution is -2.40. The fraction of sp³-hybridized carbons (Fsp3) is 0.296. The Labute approximate surface area is 184 Å². The Morgan fingerprint density at radius 1 is 0.935 bits per heavy atom. The van der Waals surface area contributed by atoms with Gasteiger partial charge in [-0.1, -0.05) is 74.0 Å². The minimum atomic E-state index is -0.125. The van der Waals surface area contributed by atoms with Crippen LogP contribution in [0.4, 0.5) is 0 Å². The summed E-state index contributed by atoms with van der Waals surface area (Å²) in [6, 6.07) is 28.2. The molecule has 4 heteroatoms. The molecule has 1 amide bonds. The Hall–Kier alpha value is -3.11. The summed E-state index contributed by atoms with van der Waals surface area (Å²) in [5.74, 6) is 1.85. The van der Waals surface area contributed by atoms with Crippen molar-refractivity contribution in [1.29, 1.82) is 0 Å². The van der Waals surface area contributed by atoms with E-state index in [2.05, 4.69) is 36.5 Å². The molecule has 0 bridgehead atoms. The predicted molar refractivity (Wildman–Crippen MR) is 124 cm³/mol. The van der Waals surface area contributed by atoms with Crippen LogP contribution in [0.1, 0.15) is 43.4 Å². The zero-order valence-corrected chi connectivity index (χ0v) is 18.0. The average Bonchev–Trinajstić information content (AvgIpc) is 3.14. The van der Waals surface area contributed by atoms with E-state index in [1.54, 1.807) is 0 Å². The Bertz CT molecular complexity index is 958. The molecule has 2 unspecified atom stereocenters. The van der Waals surface area contributed by atoms with Gasteiger partial charge < -0.3 is 9.64 Å². The molecule has 31 heavy (non-hydrogen) atoms. The molecule has 0 aromatic heterocycles. The standard InChI is InChI=1S/C27H30N2O2/c1-2-9-25(22-14-16-24(17-15-22)31-23-12-7-4-8-13-23)28-26-18-19-29(27(26)30)20-21-10-5-3-6-11-21/h3-8,10-17,25-26,28H,2,9,18-20H2,1H3. The lowest BCUT2D eigenvalue weighted by Gasteiger charge is -2.23. The number of para-hydroxylation sites is 1. The first-order chi connectivity index (χ1) is 15.2. The topological polar surface area (TPSA) is 41.6 Å². The molecule has 2 atom stereocenters. The number of ether oxygens (including phenoxy) is 1. The maximum Gasteiger partial charge on any atom is 0.240 e. The molecule has 4 nitrogen and oxygen atoms in total. The van der Waals surface area contributed by atoms with Crippen LogP contribution < -0.4 is 10.1 Å². The number of nitrogens with one attached hydrogen (secondary N) is 1. The summed E-state index contributed by atoms with van der Waals surface area (Å²) in [4.78, 5) is 14.9. The fourth-order valence-electron chi connectivity index (χ4n) is 4.12. The molecule has 4 rings (SSSR count). The van der Waals surface area contributed by atoms with Crippen molar-refractivity contribution < 1.29 is 9.53 Å². The monoisotopic (exact) mass is 414 g/mol. The van der Waals surface area contributed by atoms with Gasteiger partial charge in [-0.2, -0.15) is 0 Å². The number of rotatable bonds is 9. The van der Waals surface area contributed by atoms with E-state index in [4.69, 9.17) is 4.74 Å². The van der Waals surface area contributed by atoms with Gasteiger partial charge in [-0.15, -0.1) is 0 Å². The second kappa shape index (κ2) is 10.3. The smallest absolute Gasteiger partial charge is 0.240 e. The lowest BCUT2D eigenvalue weighted by molar-refractivity contribution is -0.130. The molecule has 1 heterocycles. The van der Waals surface area contributed by atoms with Gasteiger partial charge in [-0.3, -0.25) is 10.1 Å². The largest absolute Gasteiger partial charge is 0.457 e. The van der Waals surface area contributed by atoms with Crippen molar-refractivity contribution in [2.45, 2.75) is 44.8 Å². The Kier molecular flexibility index (Phi) is 7.00. The van der Waals surface area contributed by atoms with Crippen molar-refractivity contribution in [2.24, 2.45) is 0 Å². The van der Waals surface area contributed by atoms with Gasteiger partial charge in [0.1, 0.15) is 11.5 Å². The van der Waals surface area contributed by atoms with Gasteiger partial charge in [0.25, 0.3) is 0 Å². The summed E-state index contributed by atoms with van der Waals surface area (Å²) < 4.78 is 5.91. The summed E-state index contributed by atoms with van der Waals surface area (Å²) in [7, 11) is 0. The number of nitrogens with zero attached hydrogens (tertiary/aromatic N) is 1. The van der Waals surface area contributed by atoms with Crippen molar-refractivity contribution in [2.75, 3.05) is 6.54 Å². The van der Waals surface area contributed by atoms with Gasteiger partial charge in [0, 0.05) is 19.1 Å². The van der Waals surface area contributed by atoms with Gasteiger partial charge in [0.15, 0.2) is 0 Å². The highest BCUT2D eigenvalue weighted by molar-refractivity contribution is 5.84. The van der Waals surface area contributed by atoms with E-state index < -0.39 is 0 Å². The molecule has 1 aliphatic heterocycles. The van der Waals surface area contributed by atoms with Crippen molar-refractivity contribution in [3.8, 4) is 11.5 Å². The SMILES string of the molecule is CCCC(NC1CCN(Cc2ccccc2)C1=O)c1ccc(Oc2ccccc2)cc1. The van der Waals surface area contributed by atoms with Crippen molar-refractivity contribution >= 4 is 5.91 Å². The van der Waals surface area contributed by atoms with Crippen LogP contribution in [0.5, 0.6) is 11.5 Å². The molecule has 1 saturated heterocycles. The van der Waals surface area contributed by atoms with Crippen LogP contribution in [0.15, 0.2) is 84.9 Å². The normalized spacial score (nSPS) is 17.0. The Morgan fingerprint density at radius 2 is 1.58 bits per heavy atom. The van der Waals surface area contributed by atoms with Crippen LogP contribution in [0.3, 0.4) is 0 Å². The first kappa shape index (κ1) is 21.1. The molecule has 0 saturated carbocycles. The van der Waals surface area contributed by atoms with E-state index >= 15 is 0 Å². The van der Waals surface area contributed by atoms with Gasteiger partial charge >= 0.3 is 0 Å². The fourth-order valence-corrected chi connectivity index (χ4v) is 4.12. The van der Waals surface area contributed by atoms with Gasteiger partial charge in [0.2, 0.25) is 5.91 Å². The molecule has 1 aliphatic rings. The third-order valence-electron chi connectivity index (χ3n) is 5.75. The highest BCUT2D eigenvalue weighted by Crippen LogP contribution is 2.27. The van der Waals surface area contributed by atoms with Crippen LogP contribution in [0.25, 0.3) is 0 Å². The summed E-state index contributed by atoms with van der Waals surface area (Å²) in [5.41, 5.74) is 2.37. The molecule has 1 fully saturated rings. The van der Waals surface area contributed by atoms with Crippen molar-refractivity contribution in [3.05, 3.63) is 96.1 Å². The average molecular weight is 415 g/mol. The number of amides is 1. The van der Waals surface area contributed by atoms with E-state index in [9.17, 15) is 4.79 Å². The molecule has 0 aliphatic carbocycles. The minimum Gasteiger partial charge on any atom is -0.457 e. The molecule has 0 radical (unpaired) electrons. The lowest BCUT2D eigenvalue weighted by atomic mass is 10.0. The molecule has 3 aromatic rings. The second-order valence-electron chi connectivity index (χ2n) is 8.08. The summed E-state index contributed by atoms with van der Waals surface area (Å²) in [5, 5.41) is 3.64. The number of hydrogen-bond acceptors (Lipinski definition) is 3. The number of benzene rings is 3. The molecule has 1 N–H and O–H groups in total. The zero-order chi connectivity index (χ0) is 21.5. The first-order valence-electron chi connectivity index (χ1n) is 11.1. The van der Waals surface area contributed by atoms with E-state index in [0.29, 0.717) is 6.54 Å². The molecular weight excluding hydrogens is 384 g/mol. The zero-order valence-electron chi connectivity index (χ0n) is 18.0. The van der Waals surface area contributed by atoms with E-state index in [1.807, 2.05) is 65.6 Å². The predicted octanol–water partition coefficient (Wildman–Crippen LogP) is 5.71. The maximum atomic E-state index is 13.0. The number of carbonyl (C=O) groups is 1. The quantitative estimate of drug-likeness (QED) is 0.487. The van der Waals surface area contributed by atoms with Crippen molar-refractivity contribution in [3.63, 3.8) is 0 Å². The Balaban J connectivity index is 1.39. The highest BCUT2D eigenvalue weighted by atomic mass is 16.5. The maximum absolute atomic E-state index is 13.0. The van der Waals surface area contributed by atoms with E-state index in [-0.39, 0.29) is 18.0 Å². The number of likely N-dealkylation sites (tertiary alicyclic amines) is 1. The minimum absolute atomic E-state index is 0.125. The van der Waals surface area contributed by atoms with Crippen LogP contribution in [-0.2, 0) is 11.3 Å².